The molecule has 2 aromatic rings. The van der Waals surface area contributed by atoms with Gasteiger partial charge in [-0.25, -0.2) is 4.79 Å². The number of benzene rings is 2. The molecule has 1 fully saturated rings. The van der Waals surface area contributed by atoms with Crippen molar-refractivity contribution < 1.29 is 14.3 Å². The summed E-state index contributed by atoms with van der Waals surface area (Å²) in [6, 6.07) is 21.2. The Morgan fingerprint density at radius 2 is 1.62 bits per heavy atom. The highest BCUT2D eigenvalue weighted by atomic mass is 16.5. The molecule has 2 amide bonds. The molecular weight excluding hydrogens is 428 g/mol. The third-order valence-corrected chi connectivity index (χ3v) is 6.06. The Morgan fingerprint density at radius 3 is 2.18 bits per heavy atom. The van der Waals surface area contributed by atoms with Crippen LogP contribution >= 0.6 is 0 Å². The van der Waals surface area contributed by atoms with Crippen LogP contribution in [0.15, 0.2) is 60.7 Å². The minimum absolute atomic E-state index is 0.127. The maximum atomic E-state index is 13.1. The van der Waals surface area contributed by atoms with E-state index in [0.29, 0.717) is 32.4 Å². The number of likely N-dealkylation sites (tertiary alicyclic amines) is 1. The SMILES string of the molecule is CC(C)CC(NC(=O)OCc1ccccc1)C(=O)NC1(C#N)CCN(Cc2ccccc2)CC1. The summed E-state index contributed by atoms with van der Waals surface area (Å²) < 4.78 is 5.30. The van der Waals surface area contributed by atoms with E-state index in [9.17, 15) is 14.9 Å². The fourth-order valence-electron chi connectivity index (χ4n) is 4.13. The van der Waals surface area contributed by atoms with Crippen LogP contribution in [0.1, 0.15) is 44.2 Å². The maximum absolute atomic E-state index is 13.1. The number of piperidine rings is 1. The molecule has 2 aromatic carbocycles. The van der Waals surface area contributed by atoms with Crippen molar-refractivity contribution >= 4 is 12.0 Å². The van der Waals surface area contributed by atoms with E-state index in [1.54, 1.807) is 0 Å². The molecule has 0 saturated carbocycles. The van der Waals surface area contributed by atoms with Gasteiger partial charge in [-0.15, -0.1) is 0 Å². The zero-order chi connectivity index (χ0) is 24.4. The maximum Gasteiger partial charge on any atom is 0.408 e. The van der Waals surface area contributed by atoms with Crippen LogP contribution in [0.5, 0.6) is 0 Å². The number of carbonyl (C=O) groups is 2. The molecular formula is C27H34N4O3. The summed E-state index contributed by atoms with van der Waals surface area (Å²) in [5, 5.41) is 15.6. The molecule has 7 heteroatoms. The molecule has 34 heavy (non-hydrogen) atoms. The lowest BCUT2D eigenvalue weighted by Crippen LogP contribution is -2.59. The molecule has 1 aliphatic rings. The van der Waals surface area contributed by atoms with Gasteiger partial charge >= 0.3 is 6.09 Å². The van der Waals surface area contributed by atoms with Crippen molar-refractivity contribution in [1.82, 2.24) is 15.5 Å². The molecule has 1 saturated heterocycles. The van der Waals surface area contributed by atoms with E-state index >= 15 is 0 Å². The standard InChI is InChI=1S/C27H34N4O3/c1-21(2)17-24(29-26(33)34-19-23-11-7-4-8-12-23)25(32)30-27(20-28)13-15-31(16-14-27)18-22-9-5-3-6-10-22/h3-12,21,24H,13-19H2,1-2H3,(H,29,33)(H,30,32). The normalized spacial score (nSPS) is 16.3. The van der Waals surface area contributed by atoms with Gasteiger partial charge < -0.3 is 15.4 Å². The van der Waals surface area contributed by atoms with Crippen molar-refractivity contribution in [3.05, 3.63) is 71.8 Å². The number of nitriles is 1. The predicted octanol–water partition coefficient (Wildman–Crippen LogP) is 4.00. The topological polar surface area (TPSA) is 94.5 Å². The Labute approximate surface area is 202 Å². The highest BCUT2D eigenvalue weighted by Gasteiger charge is 2.38. The number of hydrogen-bond donors (Lipinski definition) is 2. The molecule has 0 bridgehead atoms. The second-order valence-corrected chi connectivity index (χ2v) is 9.33. The van der Waals surface area contributed by atoms with E-state index < -0.39 is 17.7 Å². The average Bonchev–Trinajstić information content (AvgIpc) is 2.84. The number of rotatable bonds is 9. The molecule has 3 rings (SSSR count). The van der Waals surface area contributed by atoms with Crippen molar-refractivity contribution in [3.8, 4) is 6.07 Å². The van der Waals surface area contributed by atoms with Crippen LogP contribution in [0, 0.1) is 17.2 Å². The fraction of sp³-hybridized carbons (Fsp3) is 0.444. The van der Waals surface area contributed by atoms with Crippen molar-refractivity contribution in [2.24, 2.45) is 5.92 Å². The lowest BCUT2D eigenvalue weighted by Gasteiger charge is -2.38. The van der Waals surface area contributed by atoms with Crippen LogP contribution < -0.4 is 10.6 Å². The first-order valence-corrected chi connectivity index (χ1v) is 11.9. The van der Waals surface area contributed by atoms with E-state index in [1.165, 1.54) is 5.56 Å². The zero-order valence-electron chi connectivity index (χ0n) is 20.0. The van der Waals surface area contributed by atoms with Gasteiger partial charge in [-0.2, -0.15) is 5.26 Å². The molecule has 1 atom stereocenters. The number of amides is 2. The number of hydrogen-bond acceptors (Lipinski definition) is 5. The average molecular weight is 463 g/mol. The van der Waals surface area contributed by atoms with Crippen molar-refractivity contribution in [3.63, 3.8) is 0 Å². The molecule has 1 heterocycles. The van der Waals surface area contributed by atoms with Gasteiger partial charge in [-0.3, -0.25) is 9.69 Å². The summed E-state index contributed by atoms with van der Waals surface area (Å²) >= 11 is 0. The molecule has 1 aliphatic heterocycles. The molecule has 0 radical (unpaired) electrons. The van der Waals surface area contributed by atoms with Crippen LogP contribution in [-0.4, -0.2) is 41.6 Å². The van der Waals surface area contributed by atoms with Crippen LogP contribution in [0.25, 0.3) is 0 Å². The molecule has 1 unspecified atom stereocenters. The Morgan fingerprint density at radius 1 is 1.03 bits per heavy atom. The Balaban J connectivity index is 1.55. The lowest BCUT2D eigenvalue weighted by atomic mass is 9.88. The fourth-order valence-corrected chi connectivity index (χ4v) is 4.13. The van der Waals surface area contributed by atoms with Gasteiger partial charge in [0.25, 0.3) is 0 Å². The zero-order valence-corrected chi connectivity index (χ0v) is 20.0. The summed E-state index contributed by atoms with van der Waals surface area (Å²) in [6.45, 7) is 6.34. The first-order chi connectivity index (χ1) is 16.4. The molecule has 0 spiro atoms. The van der Waals surface area contributed by atoms with Gasteiger partial charge in [0.1, 0.15) is 18.2 Å². The summed E-state index contributed by atoms with van der Waals surface area (Å²) in [5.41, 5.74) is 1.16. The van der Waals surface area contributed by atoms with Gasteiger partial charge in [0, 0.05) is 19.6 Å². The summed E-state index contributed by atoms with van der Waals surface area (Å²) in [7, 11) is 0. The molecule has 180 valence electrons. The number of nitrogens with zero attached hydrogens (tertiary/aromatic N) is 2. The monoisotopic (exact) mass is 462 g/mol. The smallest absolute Gasteiger partial charge is 0.408 e. The van der Waals surface area contributed by atoms with E-state index in [0.717, 1.165) is 12.1 Å². The minimum atomic E-state index is -0.935. The summed E-state index contributed by atoms with van der Waals surface area (Å²) in [4.78, 5) is 27.8. The summed E-state index contributed by atoms with van der Waals surface area (Å²) in [6.07, 6.45) is 0.881. The first kappa shape index (κ1) is 25.3. The van der Waals surface area contributed by atoms with Crippen LogP contribution in [0.3, 0.4) is 0 Å². The molecule has 0 aromatic heterocycles. The van der Waals surface area contributed by atoms with Crippen molar-refractivity contribution in [1.29, 1.82) is 5.26 Å². The minimum Gasteiger partial charge on any atom is -0.445 e. The second-order valence-electron chi connectivity index (χ2n) is 9.33. The number of carbonyl (C=O) groups excluding carboxylic acids is 2. The third-order valence-electron chi connectivity index (χ3n) is 6.06. The number of alkyl carbamates (subject to hydrolysis) is 1. The lowest BCUT2D eigenvalue weighted by molar-refractivity contribution is -0.125. The largest absolute Gasteiger partial charge is 0.445 e. The van der Waals surface area contributed by atoms with Gasteiger partial charge in [-0.1, -0.05) is 74.5 Å². The van der Waals surface area contributed by atoms with Crippen LogP contribution in [-0.2, 0) is 22.7 Å². The quantitative estimate of drug-likeness (QED) is 0.587. The van der Waals surface area contributed by atoms with Crippen LogP contribution in [0.4, 0.5) is 4.79 Å². The Kier molecular flexibility index (Phi) is 9.06. The predicted molar refractivity (Wildman–Crippen MR) is 130 cm³/mol. The van der Waals surface area contributed by atoms with E-state index in [4.69, 9.17) is 4.74 Å². The van der Waals surface area contributed by atoms with E-state index in [1.807, 2.05) is 62.4 Å². The first-order valence-electron chi connectivity index (χ1n) is 11.9. The van der Waals surface area contributed by atoms with E-state index in [2.05, 4.69) is 33.7 Å². The highest BCUT2D eigenvalue weighted by molar-refractivity contribution is 5.86. The van der Waals surface area contributed by atoms with Crippen LogP contribution in [0.2, 0.25) is 0 Å². The Hall–Kier alpha value is -3.37. The molecule has 7 nitrogen and oxygen atoms in total. The molecule has 2 N–H and O–H groups in total. The van der Waals surface area contributed by atoms with Gasteiger partial charge in [-0.05, 0) is 36.3 Å². The van der Waals surface area contributed by atoms with E-state index in [-0.39, 0.29) is 18.4 Å². The van der Waals surface area contributed by atoms with Gasteiger partial charge in [0.2, 0.25) is 5.91 Å². The van der Waals surface area contributed by atoms with Gasteiger partial charge in [0.15, 0.2) is 0 Å². The Bertz CT molecular complexity index is 964. The summed E-state index contributed by atoms with van der Waals surface area (Å²) in [5.74, 6) is -0.167. The third kappa shape index (κ3) is 7.60. The highest BCUT2D eigenvalue weighted by Crippen LogP contribution is 2.23. The van der Waals surface area contributed by atoms with Crippen molar-refractivity contribution in [2.45, 2.75) is 57.8 Å². The second kappa shape index (κ2) is 12.2. The number of nitrogens with one attached hydrogen (secondary N) is 2. The molecule has 0 aliphatic carbocycles. The van der Waals surface area contributed by atoms with Gasteiger partial charge in [0.05, 0.1) is 6.07 Å². The van der Waals surface area contributed by atoms with Crippen molar-refractivity contribution in [2.75, 3.05) is 13.1 Å². The number of ether oxygens (including phenoxy) is 1.